The molecule has 0 aliphatic carbocycles. The molecule has 76 heavy (non-hydrogen) atoms. The van der Waals surface area contributed by atoms with E-state index in [0.29, 0.717) is 12.8 Å². The first kappa shape index (κ1) is 70.6. The molecule has 0 spiro atoms. The molecule has 0 aromatic heterocycles. The molecule has 0 rings (SSSR count). The summed E-state index contributed by atoms with van der Waals surface area (Å²) in [6, 6.07) is -12.6. The number of rotatable bonds is 35. The van der Waals surface area contributed by atoms with E-state index in [0.717, 1.165) is 0 Å². The highest BCUT2D eigenvalue weighted by molar-refractivity contribution is 5.98. The predicted molar refractivity (Wildman–Crippen MR) is 288 cm³/mol. The van der Waals surface area contributed by atoms with Crippen molar-refractivity contribution >= 4 is 59.1 Å². The summed E-state index contributed by atoms with van der Waals surface area (Å²) < 4.78 is 0. The third-order valence-electron chi connectivity index (χ3n) is 12.6. The molecule has 14 N–H and O–H groups in total. The fraction of sp³-hybridized carbons (Fsp3) is 0.811. The summed E-state index contributed by atoms with van der Waals surface area (Å²) in [6.45, 7) is 28.8. The quantitative estimate of drug-likeness (QED) is 0.0416. The highest BCUT2D eigenvalue weighted by atomic mass is 16.4. The second-order valence-corrected chi connectivity index (χ2v) is 23.1. The summed E-state index contributed by atoms with van der Waals surface area (Å²) in [5.41, 5.74) is 5.97. The number of carbonyl (C=O) groups excluding carboxylic acids is 9. The first-order chi connectivity index (χ1) is 35.1. The molecule has 0 radical (unpaired) electrons. The molecular weight excluding hydrogens is 985 g/mol. The van der Waals surface area contributed by atoms with E-state index < -0.39 is 150 Å². The number of nitrogens with one attached hydrogen (secondary N) is 9. The van der Waals surface area contributed by atoms with E-state index in [1.807, 2.05) is 55.4 Å². The summed E-state index contributed by atoms with van der Waals surface area (Å²) in [5, 5.41) is 53.8. The van der Waals surface area contributed by atoms with Crippen LogP contribution < -0.4 is 53.6 Å². The Morgan fingerprint density at radius 1 is 0.368 bits per heavy atom. The fourth-order valence-electron chi connectivity index (χ4n) is 8.13. The van der Waals surface area contributed by atoms with Crippen LogP contribution in [0.15, 0.2) is 0 Å². The van der Waals surface area contributed by atoms with E-state index in [2.05, 4.69) is 47.9 Å². The van der Waals surface area contributed by atoms with Gasteiger partial charge in [-0.1, -0.05) is 117 Å². The molecule has 9 amide bonds. The summed E-state index contributed by atoms with van der Waals surface area (Å²) in [5.74, 6) is -10.3. The van der Waals surface area contributed by atoms with Gasteiger partial charge in [-0.15, -0.1) is 0 Å². The molecule has 0 bridgehead atoms. The van der Waals surface area contributed by atoms with E-state index in [-0.39, 0.29) is 55.3 Å². The predicted octanol–water partition coefficient (Wildman–Crippen LogP) is 0.723. The standard InChI is InChI=1S/C53H98N10O13/c1-18-32(16)42(53(75)76)62-52(74)43(33(17)65)63-48(70)37(22-28(8)9)56-45(67)35(20-26(4)5)55-46(68)36(21-27(6)7)57-50(72)40(30(12)13)60-47(69)38(23-29(10)11)58-51(73)41(31(14)15)61-49(71)39(24-64)59-44(66)34(54)19-25(2)3/h25-43,64-65H,18-24,54H2,1-17H3,(H,55,68)(H,56,67)(H,57,72)(H,58,73)(H,59,66)(H,60,69)(H,61,71)(H,62,74)(H,63,70)(H,75,76)/t32-,33+,34-,35-,36-,37-,38-,39-,40-,41-,42-,43-/m0/s1. The minimum atomic E-state index is -1.58. The van der Waals surface area contributed by atoms with Crippen LogP contribution >= 0.6 is 0 Å². The smallest absolute Gasteiger partial charge is 0.326 e. The third-order valence-corrected chi connectivity index (χ3v) is 12.6. The number of aliphatic hydroxyl groups excluding tert-OH is 2. The topological polar surface area (TPSA) is 366 Å². The maximum Gasteiger partial charge on any atom is 0.326 e. The van der Waals surface area contributed by atoms with Gasteiger partial charge in [0.15, 0.2) is 0 Å². The van der Waals surface area contributed by atoms with Gasteiger partial charge >= 0.3 is 5.97 Å². The van der Waals surface area contributed by atoms with Crippen LogP contribution in [0, 0.1) is 47.3 Å². The van der Waals surface area contributed by atoms with E-state index in [9.17, 15) is 63.3 Å². The Bertz CT molecular complexity index is 1910. The zero-order valence-electron chi connectivity index (χ0n) is 48.4. The van der Waals surface area contributed by atoms with Crippen molar-refractivity contribution in [1.82, 2.24) is 47.9 Å². The Hall–Kier alpha value is -5.42. The largest absolute Gasteiger partial charge is 0.480 e. The van der Waals surface area contributed by atoms with E-state index in [4.69, 9.17) is 5.73 Å². The Labute approximate surface area is 451 Å². The van der Waals surface area contributed by atoms with E-state index >= 15 is 0 Å². The maximum atomic E-state index is 14.2. The normalized spacial score (nSPS) is 16.5. The monoisotopic (exact) mass is 1080 g/mol. The molecule has 0 fully saturated rings. The Kier molecular flexibility index (Phi) is 31.9. The van der Waals surface area contributed by atoms with E-state index in [1.54, 1.807) is 55.4 Å². The van der Waals surface area contributed by atoms with Gasteiger partial charge in [-0.25, -0.2) is 4.79 Å². The summed E-state index contributed by atoms with van der Waals surface area (Å²) >= 11 is 0. The molecule has 438 valence electrons. The molecule has 0 heterocycles. The highest BCUT2D eigenvalue weighted by Gasteiger charge is 2.38. The lowest BCUT2D eigenvalue weighted by Crippen LogP contribution is -2.62. The number of hydrogen-bond donors (Lipinski definition) is 13. The molecule has 0 aliphatic heterocycles. The van der Waals surface area contributed by atoms with E-state index in [1.165, 1.54) is 6.92 Å². The molecule has 0 aromatic carbocycles. The molecule has 0 saturated heterocycles. The summed E-state index contributed by atoms with van der Waals surface area (Å²) in [4.78, 5) is 136. The van der Waals surface area contributed by atoms with Crippen molar-refractivity contribution < 1.29 is 63.3 Å². The molecule has 0 aliphatic rings. The number of carbonyl (C=O) groups is 10. The minimum Gasteiger partial charge on any atom is -0.480 e. The van der Waals surface area contributed by atoms with Crippen LogP contribution in [0.25, 0.3) is 0 Å². The van der Waals surface area contributed by atoms with Crippen molar-refractivity contribution in [2.24, 2.45) is 53.1 Å². The van der Waals surface area contributed by atoms with Crippen LogP contribution in [0.1, 0.15) is 156 Å². The van der Waals surface area contributed by atoms with Crippen molar-refractivity contribution in [2.45, 2.75) is 223 Å². The van der Waals surface area contributed by atoms with Gasteiger partial charge in [0.05, 0.1) is 18.8 Å². The second-order valence-electron chi connectivity index (χ2n) is 23.1. The van der Waals surface area contributed by atoms with Gasteiger partial charge in [-0.3, -0.25) is 43.2 Å². The van der Waals surface area contributed by atoms with Crippen molar-refractivity contribution in [3.05, 3.63) is 0 Å². The van der Waals surface area contributed by atoms with Gasteiger partial charge in [-0.05, 0) is 86.4 Å². The van der Waals surface area contributed by atoms with Gasteiger partial charge < -0.3 is 68.9 Å². The zero-order chi connectivity index (χ0) is 59.1. The Morgan fingerprint density at radius 3 is 0.908 bits per heavy atom. The first-order valence-electron chi connectivity index (χ1n) is 27.1. The number of nitrogens with two attached hydrogens (primary N) is 1. The van der Waals surface area contributed by atoms with Gasteiger partial charge in [0.25, 0.3) is 0 Å². The third kappa shape index (κ3) is 25.6. The number of hydrogen-bond acceptors (Lipinski definition) is 13. The van der Waals surface area contributed by atoms with Crippen LogP contribution in [0.5, 0.6) is 0 Å². The Balaban J connectivity index is 6.59. The van der Waals surface area contributed by atoms with Crippen molar-refractivity contribution in [3.8, 4) is 0 Å². The van der Waals surface area contributed by atoms with Crippen LogP contribution in [0.4, 0.5) is 0 Å². The van der Waals surface area contributed by atoms with Crippen LogP contribution in [0.2, 0.25) is 0 Å². The minimum absolute atomic E-state index is 0.0737. The Morgan fingerprint density at radius 2 is 0.632 bits per heavy atom. The molecule has 0 unspecified atom stereocenters. The lowest BCUT2D eigenvalue weighted by atomic mass is 9.97. The molecule has 12 atom stereocenters. The van der Waals surface area contributed by atoms with Gasteiger partial charge in [-0.2, -0.15) is 0 Å². The summed E-state index contributed by atoms with van der Waals surface area (Å²) in [7, 11) is 0. The zero-order valence-corrected chi connectivity index (χ0v) is 48.4. The average molecular weight is 1080 g/mol. The maximum absolute atomic E-state index is 14.2. The van der Waals surface area contributed by atoms with Crippen LogP contribution in [0.3, 0.4) is 0 Å². The van der Waals surface area contributed by atoms with Crippen molar-refractivity contribution in [2.75, 3.05) is 6.61 Å². The SMILES string of the molecule is CC[C@H](C)[C@H](NC(=O)[C@@H](NC(=O)[C@H](CC(C)C)NC(=O)[C@H](CC(C)C)NC(=O)[C@H](CC(C)C)NC(=O)[C@@H](NC(=O)[C@H](CC(C)C)NC(=O)[C@@H](NC(=O)[C@H](CO)NC(=O)[C@@H](N)CC(C)C)C(C)C)C(C)C)[C@@H](C)O)C(=O)O. The molecule has 23 heteroatoms. The first-order valence-corrected chi connectivity index (χ1v) is 27.1. The molecule has 23 nitrogen and oxygen atoms in total. The fourth-order valence-corrected chi connectivity index (χ4v) is 8.13. The van der Waals surface area contributed by atoms with Crippen LogP contribution in [-0.2, 0) is 47.9 Å². The summed E-state index contributed by atoms with van der Waals surface area (Å²) in [6.07, 6.45) is -0.316. The number of aliphatic hydroxyl groups is 2. The molecule has 0 saturated carbocycles. The van der Waals surface area contributed by atoms with Crippen molar-refractivity contribution in [3.63, 3.8) is 0 Å². The lowest BCUT2D eigenvalue weighted by Gasteiger charge is -2.31. The number of aliphatic carboxylic acids is 1. The van der Waals surface area contributed by atoms with Crippen LogP contribution in [-0.4, -0.2) is 148 Å². The number of carboxylic acid groups (broad SMARTS) is 1. The van der Waals surface area contributed by atoms with Gasteiger partial charge in [0, 0.05) is 0 Å². The highest BCUT2D eigenvalue weighted by Crippen LogP contribution is 2.15. The second kappa shape index (κ2) is 34.4. The van der Waals surface area contributed by atoms with Crippen molar-refractivity contribution in [1.29, 1.82) is 0 Å². The molecule has 0 aromatic rings. The van der Waals surface area contributed by atoms with Gasteiger partial charge in [0.1, 0.15) is 54.4 Å². The number of amides is 9. The lowest BCUT2D eigenvalue weighted by molar-refractivity contribution is -0.144. The average Bonchev–Trinajstić information content (AvgIpc) is 3.29. The molecular formula is C53H98N10O13. The van der Waals surface area contributed by atoms with Gasteiger partial charge in [0.2, 0.25) is 53.2 Å². The number of carboxylic acids is 1.